The van der Waals surface area contributed by atoms with Crippen molar-refractivity contribution in [3.8, 4) is 5.75 Å². The molecule has 2 rings (SSSR count). The molecule has 2 aromatic rings. The van der Waals surface area contributed by atoms with Crippen molar-refractivity contribution in [3.05, 3.63) is 34.9 Å². The lowest BCUT2D eigenvalue weighted by Gasteiger charge is -2.12. The molecule has 0 aliphatic carbocycles. The van der Waals surface area contributed by atoms with Gasteiger partial charge in [0, 0.05) is 16.1 Å². The van der Waals surface area contributed by atoms with Crippen LogP contribution in [0.5, 0.6) is 5.75 Å². The molecular formula is C12H12BrNO. The third-order valence-electron chi connectivity index (χ3n) is 2.04. The van der Waals surface area contributed by atoms with Crippen LogP contribution in [0.4, 0.5) is 0 Å². The van der Waals surface area contributed by atoms with Crippen LogP contribution in [0.3, 0.4) is 0 Å². The summed E-state index contributed by atoms with van der Waals surface area (Å²) in [5.41, 5.74) is 0.940. The fourth-order valence-corrected chi connectivity index (χ4v) is 1.92. The minimum Gasteiger partial charge on any atom is -0.490 e. The molecule has 0 aliphatic rings. The summed E-state index contributed by atoms with van der Waals surface area (Å²) in [6.07, 6.45) is 1.96. The highest BCUT2D eigenvalue weighted by Crippen LogP contribution is 2.30. The third kappa shape index (κ3) is 2.12. The number of rotatable bonds is 2. The van der Waals surface area contributed by atoms with Crippen LogP contribution in [0, 0.1) is 0 Å². The molecular weight excluding hydrogens is 254 g/mol. The van der Waals surface area contributed by atoms with Crippen molar-refractivity contribution in [2.75, 3.05) is 0 Å². The molecule has 0 fully saturated rings. The molecule has 3 heteroatoms. The SMILES string of the molecule is CC(C)Oc1ccc(Br)c2ncccc12. The fourth-order valence-electron chi connectivity index (χ4n) is 1.47. The van der Waals surface area contributed by atoms with Gasteiger partial charge in [0.05, 0.1) is 11.6 Å². The normalized spacial score (nSPS) is 10.9. The Morgan fingerprint density at radius 2 is 2.07 bits per heavy atom. The van der Waals surface area contributed by atoms with Crippen molar-refractivity contribution in [3.63, 3.8) is 0 Å². The van der Waals surface area contributed by atoms with E-state index in [1.807, 2.05) is 38.1 Å². The Morgan fingerprint density at radius 3 is 2.80 bits per heavy atom. The highest BCUT2D eigenvalue weighted by atomic mass is 79.9. The van der Waals surface area contributed by atoms with E-state index in [1.54, 1.807) is 6.20 Å². The summed E-state index contributed by atoms with van der Waals surface area (Å²) in [4.78, 5) is 4.32. The molecule has 0 amide bonds. The predicted molar refractivity (Wildman–Crippen MR) is 65.2 cm³/mol. The maximum Gasteiger partial charge on any atom is 0.129 e. The molecule has 0 N–H and O–H groups in total. The van der Waals surface area contributed by atoms with Crippen molar-refractivity contribution < 1.29 is 4.74 Å². The zero-order chi connectivity index (χ0) is 10.8. The van der Waals surface area contributed by atoms with Crippen LogP contribution in [-0.4, -0.2) is 11.1 Å². The number of nitrogens with zero attached hydrogens (tertiary/aromatic N) is 1. The molecule has 0 aliphatic heterocycles. The molecule has 0 bridgehead atoms. The first-order chi connectivity index (χ1) is 7.18. The number of hydrogen-bond donors (Lipinski definition) is 0. The number of pyridine rings is 1. The summed E-state index contributed by atoms with van der Waals surface area (Å²) in [5, 5.41) is 1.04. The van der Waals surface area contributed by atoms with Gasteiger partial charge >= 0.3 is 0 Å². The van der Waals surface area contributed by atoms with Crippen LogP contribution in [0.15, 0.2) is 34.9 Å². The Kier molecular flexibility index (Phi) is 2.91. The Morgan fingerprint density at radius 1 is 1.27 bits per heavy atom. The summed E-state index contributed by atoms with van der Waals surface area (Å²) < 4.78 is 6.72. The van der Waals surface area contributed by atoms with Gasteiger partial charge in [-0.15, -0.1) is 0 Å². The van der Waals surface area contributed by atoms with E-state index in [0.717, 1.165) is 21.1 Å². The zero-order valence-electron chi connectivity index (χ0n) is 8.70. The summed E-state index contributed by atoms with van der Waals surface area (Å²) in [6, 6.07) is 7.87. The standard InChI is InChI=1S/C12H12BrNO/c1-8(2)15-11-6-5-10(13)12-9(11)4-3-7-14-12/h3-8H,1-2H3. The van der Waals surface area contributed by atoms with E-state index in [4.69, 9.17) is 4.74 Å². The maximum absolute atomic E-state index is 5.72. The van der Waals surface area contributed by atoms with Crippen molar-refractivity contribution in [1.29, 1.82) is 0 Å². The van der Waals surface area contributed by atoms with Gasteiger partial charge in [-0.3, -0.25) is 4.98 Å². The molecule has 78 valence electrons. The van der Waals surface area contributed by atoms with Gasteiger partial charge in [-0.05, 0) is 54.0 Å². The monoisotopic (exact) mass is 265 g/mol. The molecule has 15 heavy (non-hydrogen) atoms. The van der Waals surface area contributed by atoms with Crippen LogP contribution in [0.1, 0.15) is 13.8 Å². The summed E-state index contributed by atoms with van der Waals surface area (Å²) in [7, 11) is 0. The Balaban J connectivity index is 2.61. The van der Waals surface area contributed by atoms with Gasteiger partial charge in [-0.2, -0.15) is 0 Å². The van der Waals surface area contributed by atoms with Gasteiger partial charge in [0.2, 0.25) is 0 Å². The third-order valence-corrected chi connectivity index (χ3v) is 2.68. The van der Waals surface area contributed by atoms with Crippen LogP contribution < -0.4 is 4.74 Å². The zero-order valence-corrected chi connectivity index (χ0v) is 10.3. The number of aromatic nitrogens is 1. The fraction of sp³-hybridized carbons (Fsp3) is 0.250. The van der Waals surface area contributed by atoms with Gasteiger partial charge in [-0.25, -0.2) is 0 Å². The molecule has 1 heterocycles. The Labute approximate surface area is 97.4 Å². The van der Waals surface area contributed by atoms with Crippen LogP contribution in [-0.2, 0) is 0 Å². The predicted octanol–water partition coefficient (Wildman–Crippen LogP) is 3.78. The molecule has 0 radical (unpaired) electrons. The Hall–Kier alpha value is -1.09. The topological polar surface area (TPSA) is 22.1 Å². The van der Waals surface area contributed by atoms with E-state index in [0.29, 0.717) is 0 Å². The summed E-state index contributed by atoms with van der Waals surface area (Å²) in [5.74, 6) is 0.885. The molecule has 0 unspecified atom stereocenters. The van der Waals surface area contributed by atoms with E-state index in [2.05, 4.69) is 20.9 Å². The smallest absolute Gasteiger partial charge is 0.129 e. The second-order valence-electron chi connectivity index (χ2n) is 3.61. The van der Waals surface area contributed by atoms with Gasteiger partial charge in [0.15, 0.2) is 0 Å². The van der Waals surface area contributed by atoms with Crippen molar-refractivity contribution in [2.24, 2.45) is 0 Å². The largest absolute Gasteiger partial charge is 0.490 e. The van der Waals surface area contributed by atoms with E-state index in [9.17, 15) is 0 Å². The van der Waals surface area contributed by atoms with E-state index >= 15 is 0 Å². The number of ether oxygens (including phenoxy) is 1. The highest BCUT2D eigenvalue weighted by Gasteiger charge is 2.06. The first-order valence-electron chi connectivity index (χ1n) is 4.88. The van der Waals surface area contributed by atoms with Crippen molar-refractivity contribution in [2.45, 2.75) is 20.0 Å². The van der Waals surface area contributed by atoms with Crippen molar-refractivity contribution in [1.82, 2.24) is 4.98 Å². The Bertz CT molecular complexity index is 482. The summed E-state index contributed by atoms with van der Waals surface area (Å²) >= 11 is 3.48. The van der Waals surface area contributed by atoms with Gasteiger partial charge in [0.1, 0.15) is 5.75 Å². The first-order valence-corrected chi connectivity index (χ1v) is 5.67. The minimum absolute atomic E-state index is 0.176. The second kappa shape index (κ2) is 4.19. The lowest BCUT2D eigenvalue weighted by atomic mass is 10.2. The number of benzene rings is 1. The molecule has 1 aromatic carbocycles. The van der Waals surface area contributed by atoms with E-state index < -0.39 is 0 Å². The molecule has 0 atom stereocenters. The molecule has 0 saturated carbocycles. The van der Waals surface area contributed by atoms with Gasteiger partial charge < -0.3 is 4.74 Å². The molecule has 0 spiro atoms. The lowest BCUT2D eigenvalue weighted by molar-refractivity contribution is 0.245. The van der Waals surface area contributed by atoms with Crippen LogP contribution in [0.2, 0.25) is 0 Å². The molecule has 1 aromatic heterocycles. The summed E-state index contributed by atoms with van der Waals surface area (Å²) in [6.45, 7) is 4.04. The van der Waals surface area contributed by atoms with Crippen molar-refractivity contribution >= 4 is 26.8 Å². The maximum atomic E-state index is 5.72. The number of fused-ring (bicyclic) bond motifs is 1. The molecule has 2 nitrogen and oxygen atoms in total. The minimum atomic E-state index is 0.176. The van der Waals surface area contributed by atoms with Gasteiger partial charge in [-0.1, -0.05) is 0 Å². The van der Waals surface area contributed by atoms with E-state index in [-0.39, 0.29) is 6.10 Å². The van der Waals surface area contributed by atoms with E-state index in [1.165, 1.54) is 0 Å². The number of hydrogen-bond acceptors (Lipinski definition) is 2. The quantitative estimate of drug-likeness (QED) is 0.825. The highest BCUT2D eigenvalue weighted by molar-refractivity contribution is 9.10. The first kappa shape index (κ1) is 10.4. The van der Waals surface area contributed by atoms with Crippen LogP contribution >= 0.6 is 15.9 Å². The lowest BCUT2D eigenvalue weighted by Crippen LogP contribution is -2.05. The number of halogens is 1. The van der Waals surface area contributed by atoms with Gasteiger partial charge in [0.25, 0.3) is 0 Å². The second-order valence-corrected chi connectivity index (χ2v) is 4.47. The average molecular weight is 266 g/mol. The average Bonchev–Trinajstić information content (AvgIpc) is 2.22. The van der Waals surface area contributed by atoms with Crippen LogP contribution in [0.25, 0.3) is 10.9 Å². The molecule has 0 saturated heterocycles.